The average molecular weight is 351 g/mol. The van der Waals surface area contributed by atoms with Crippen LogP contribution in [0, 0.1) is 5.82 Å². The number of benzene rings is 1. The molecule has 0 heterocycles. The van der Waals surface area contributed by atoms with Gasteiger partial charge in [-0.1, -0.05) is 24.9 Å². The summed E-state index contributed by atoms with van der Waals surface area (Å²) in [6.07, 6.45) is 3.16. The first-order valence-electron chi connectivity index (χ1n) is 6.95. The second-order valence-electron chi connectivity index (χ2n) is 4.89. The van der Waals surface area contributed by atoms with Gasteiger partial charge in [-0.2, -0.15) is 0 Å². The van der Waals surface area contributed by atoms with Gasteiger partial charge in [-0.05, 0) is 24.6 Å². The number of anilines is 1. The predicted molar refractivity (Wildman–Crippen MR) is 86.1 cm³/mol. The Hall–Kier alpha value is -1.34. The highest BCUT2D eigenvalue weighted by molar-refractivity contribution is 7.92. The van der Waals surface area contributed by atoms with Crippen molar-refractivity contribution in [2.24, 2.45) is 0 Å². The molecule has 0 spiro atoms. The monoisotopic (exact) mass is 350 g/mol. The minimum absolute atomic E-state index is 0.0542. The van der Waals surface area contributed by atoms with Crippen molar-refractivity contribution >= 4 is 33.2 Å². The fraction of sp³-hybridized carbons (Fsp3) is 0.500. The number of halogens is 2. The zero-order valence-corrected chi connectivity index (χ0v) is 14.2. The fourth-order valence-electron chi connectivity index (χ4n) is 1.85. The average Bonchev–Trinajstić information content (AvgIpc) is 2.43. The Morgan fingerprint density at radius 1 is 1.41 bits per heavy atom. The van der Waals surface area contributed by atoms with Crippen LogP contribution in [0.5, 0.6) is 0 Å². The third kappa shape index (κ3) is 5.81. The van der Waals surface area contributed by atoms with E-state index in [2.05, 4.69) is 5.32 Å². The molecule has 124 valence electrons. The standard InChI is InChI=1S/C14H20ClFN2O3S/c1-3-4-5-14(19)17-8-9-18(22(2,20)21)11-6-7-13(16)12(15)10-11/h6-7,10H,3-5,8-9H2,1-2H3,(H,17,19). The maximum absolute atomic E-state index is 13.2. The summed E-state index contributed by atoms with van der Waals surface area (Å²) in [4.78, 5) is 11.5. The second-order valence-corrected chi connectivity index (χ2v) is 7.20. The lowest BCUT2D eigenvalue weighted by atomic mass is 10.2. The zero-order chi connectivity index (χ0) is 16.8. The van der Waals surface area contributed by atoms with Gasteiger partial charge in [0.25, 0.3) is 0 Å². The molecular formula is C14H20ClFN2O3S. The third-order valence-corrected chi connectivity index (χ3v) is 4.47. The molecule has 1 aromatic carbocycles. The van der Waals surface area contributed by atoms with Crippen molar-refractivity contribution < 1.29 is 17.6 Å². The van der Waals surface area contributed by atoms with Crippen LogP contribution in [-0.2, 0) is 14.8 Å². The molecule has 0 bridgehead atoms. The molecular weight excluding hydrogens is 331 g/mol. The lowest BCUT2D eigenvalue weighted by Gasteiger charge is -2.22. The Bertz CT molecular complexity index is 623. The number of hydrogen-bond donors (Lipinski definition) is 1. The van der Waals surface area contributed by atoms with Crippen molar-refractivity contribution in [2.45, 2.75) is 26.2 Å². The van der Waals surface area contributed by atoms with Gasteiger partial charge in [-0.15, -0.1) is 0 Å². The van der Waals surface area contributed by atoms with Crippen LogP contribution >= 0.6 is 11.6 Å². The number of carbonyl (C=O) groups is 1. The van der Waals surface area contributed by atoms with E-state index in [1.54, 1.807) is 0 Å². The highest BCUT2D eigenvalue weighted by Crippen LogP contribution is 2.24. The summed E-state index contributed by atoms with van der Waals surface area (Å²) in [6, 6.07) is 3.69. The van der Waals surface area contributed by atoms with Gasteiger partial charge in [0.15, 0.2) is 0 Å². The normalized spacial score (nSPS) is 11.3. The molecule has 22 heavy (non-hydrogen) atoms. The summed E-state index contributed by atoms with van der Waals surface area (Å²) in [5.74, 6) is -0.737. The SMILES string of the molecule is CCCCC(=O)NCCN(c1ccc(F)c(Cl)c1)S(C)(=O)=O. The van der Waals surface area contributed by atoms with Crippen molar-refractivity contribution in [2.75, 3.05) is 23.7 Å². The van der Waals surface area contributed by atoms with E-state index in [0.717, 1.165) is 29.5 Å². The van der Waals surface area contributed by atoms with Gasteiger partial charge in [0.1, 0.15) is 5.82 Å². The van der Waals surface area contributed by atoms with Gasteiger partial charge < -0.3 is 5.32 Å². The largest absolute Gasteiger partial charge is 0.354 e. The number of rotatable bonds is 8. The maximum Gasteiger partial charge on any atom is 0.232 e. The molecule has 1 rings (SSSR count). The van der Waals surface area contributed by atoms with E-state index in [1.165, 1.54) is 12.1 Å². The Morgan fingerprint density at radius 2 is 2.09 bits per heavy atom. The summed E-state index contributed by atoms with van der Waals surface area (Å²) in [5.41, 5.74) is 0.261. The minimum Gasteiger partial charge on any atom is -0.354 e. The molecule has 0 aliphatic rings. The van der Waals surface area contributed by atoms with Gasteiger partial charge in [-0.25, -0.2) is 12.8 Å². The summed E-state index contributed by atoms with van der Waals surface area (Å²) in [7, 11) is -3.56. The number of nitrogens with zero attached hydrogens (tertiary/aromatic N) is 1. The van der Waals surface area contributed by atoms with Crippen LogP contribution in [0.25, 0.3) is 0 Å². The Labute approximate surface area is 135 Å². The molecule has 0 atom stereocenters. The molecule has 1 N–H and O–H groups in total. The van der Waals surface area contributed by atoms with Crippen molar-refractivity contribution in [3.63, 3.8) is 0 Å². The molecule has 0 aliphatic heterocycles. The van der Waals surface area contributed by atoms with E-state index in [1.807, 2.05) is 6.92 Å². The number of hydrogen-bond acceptors (Lipinski definition) is 3. The third-order valence-electron chi connectivity index (χ3n) is 2.99. The molecule has 1 amide bonds. The van der Waals surface area contributed by atoms with Gasteiger partial charge in [0, 0.05) is 13.0 Å². The highest BCUT2D eigenvalue weighted by atomic mass is 35.5. The quantitative estimate of drug-likeness (QED) is 0.783. The van der Waals surface area contributed by atoms with Gasteiger partial charge in [0.05, 0.1) is 23.5 Å². The van der Waals surface area contributed by atoms with Crippen molar-refractivity contribution in [3.05, 3.63) is 29.0 Å². The van der Waals surface area contributed by atoms with E-state index >= 15 is 0 Å². The van der Waals surface area contributed by atoms with Gasteiger partial charge in [0.2, 0.25) is 15.9 Å². The molecule has 0 unspecified atom stereocenters. The Morgan fingerprint density at radius 3 is 2.64 bits per heavy atom. The van der Waals surface area contributed by atoms with Crippen molar-refractivity contribution in [3.8, 4) is 0 Å². The van der Waals surface area contributed by atoms with Crippen molar-refractivity contribution in [1.82, 2.24) is 5.32 Å². The number of nitrogens with one attached hydrogen (secondary N) is 1. The summed E-state index contributed by atoms with van der Waals surface area (Å²) >= 11 is 5.68. The molecule has 0 saturated heterocycles. The number of amides is 1. The first-order chi connectivity index (χ1) is 10.3. The molecule has 1 aromatic rings. The molecule has 0 fully saturated rings. The highest BCUT2D eigenvalue weighted by Gasteiger charge is 2.18. The Kier molecular flexibility index (Phi) is 7.09. The molecule has 0 aromatic heterocycles. The van der Waals surface area contributed by atoms with E-state index in [9.17, 15) is 17.6 Å². The van der Waals surface area contributed by atoms with E-state index < -0.39 is 15.8 Å². The van der Waals surface area contributed by atoms with E-state index in [4.69, 9.17) is 11.6 Å². The molecule has 5 nitrogen and oxygen atoms in total. The van der Waals surface area contributed by atoms with E-state index in [0.29, 0.717) is 6.42 Å². The number of carbonyl (C=O) groups excluding carboxylic acids is 1. The smallest absolute Gasteiger partial charge is 0.232 e. The minimum atomic E-state index is -3.56. The summed E-state index contributed by atoms with van der Waals surface area (Å²) < 4.78 is 38.0. The topological polar surface area (TPSA) is 66.5 Å². The zero-order valence-electron chi connectivity index (χ0n) is 12.6. The maximum atomic E-state index is 13.2. The second kappa shape index (κ2) is 8.33. The molecule has 0 radical (unpaired) electrons. The number of unbranched alkanes of at least 4 members (excludes halogenated alkanes) is 1. The fourth-order valence-corrected chi connectivity index (χ4v) is 2.94. The van der Waals surface area contributed by atoms with Crippen LogP contribution in [0.4, 0.5) is 10.1 Å². The lowest BCUT2D eigenvalue weighted by molar-refractivity contribution is -0.121. The van der Waals surface area contributed by atoms with Crippen LogP contribution in [0.2, 0.25) is 5.02 Å². The summed E-state index contributed by atoms with van der Waals surface area (Å²) in [5, 5.41) is 2.51. The van der Waals surface area contributed by atoms with Crippen LogP contribution < -0.4 is 9.62 Å². The lowest BCUT2D eigenvalue weighted by Crippen LogP contribution is -2.38. The van der Waals surface area contributed by atoms with E-state index in [-0.39, 0.29) is 29.7 Å². The van der Waals surface area contributed by atoms with Crippen LogP contribution in [-0.4, -0.2) is 33.7 Å². The predicted octanol–water partition coefficient (Wildman–Crippen LogP) is 2.55. The van der Waals surface area contributed by atoms with Crippen molar-refractivity contribution in [1.29, 1.82) is 0 Å². The first kappa shape index (κ1) is 18.7. The summed E-state index contributed by atoms with van der Waals surface area (Å²) in [6.45, 7) is 2.21. The van der Waals surface area contributed by atoms with Gasteiger partial charge >= 0.3 is 0 Å². The first-order valence-corrected chi connectivity index (χ1v) is 9.17. The molecule has 8 heteroatoms. The molecule has 0 saturated carbocycles. The van der Waals surface area contributed by atoms with Gasteiger partial charge in [-0.3, -0.25) is 9.10 Å². The van der Waals surface area contributed by atoms with Crippen LogP contribution in [0.15, 0.2) is 18.2 Å². The van der Waals surface area contributed by atoms with Crippen LogP contribution in [0.1, 0.15) is 26.2 Å². The molecule has 0 aliphatic carbocycles. The van der Waals surface area contributed by atoms with Crippen LogP contribution in [0.3, 0.4) is 0 Å². The Balaban J connectivity index is 2.75. The number of sulfonamides is 1.